The minimum absolute atomic E-state index is 0.566. The van der Waals surface area contributed by atoms with E-state index in [9.17, 15) is 0 Å². The van der Waals surface area contributed by atoms with E-state index in [4.69, 9.17) is 10.2 Å². The van der Waals surface area contributed by atoms with Gasteiger partial charge in [-0.1, -0.05) is 13.8 Å². The molecule has 0 saturated carbocycles. The lowest BCUT2D eigenvalue weighted by molar-refractivity contribution is 0.124. The molecule has 1 aromatic rings. The first-order chi connectivity index (χ1) is 7.69. The summed E-state index contributed by atoms with van der Waals surface area (Å²) in [5.41, 5.74) is 6.65. The van der Waals surface area contributed by atoms with E-state index in [0.29, 0.717) is 6.54 Å². The highest BCUT2D eigenvalue weighted by atomic mass is 16.3. The Kier molecular flexibility index (Phi) is 3.66. The van der Waals surface area contributed by atoms with Crippen molar-refractivity contribution in [2.75, 3.05) is 13.1 Å². The molecule has 1 aliphatic rings. The van der Waals surface area contributed by atoms with Gasteiger partial charge in [0.15, 0.2) is 0 Å². The van der Waals surface area contributed by atoms with Gasteiger partial charge >= 0.3 is 0 Å². The van der Waals surface area contributed by atoms with Gasteiger partial charge in [0.2, 0.25) is 0 Å². The number of likely N-dealkylation sites (tertiary alicyclic amines) is 1. The SMILES string of the molecule is CC1CCN(Cc2cc(CN)co2)CC1C. The lowest BCUT2D eigenvalue weighted by Crippen LogP contribution is -2.37. The Hall–Kier alpha value is -0.800. The minimum Gasteiger partial charge on any atom is -0.468 e. The second-order valence-electron chi connectivity index (χ2n) is 5.10. The first-order valence-electron chi connectivity index (χ1n) is 6.17. The van der Waals surface area contributed by atoms with Gasteiger partial charge in [-0.15, -0.1) is 0 Å². The van der Waals surface area contributed by atoms with E-state index in [0.717, 1.165) is 29.7 Å². The fraction of sp³-hybridized carbons (Fsp3) is 0.692. The molecule has 2 heterocycles. The van der Waals surface area contributed by atoms with Gasteiger partial charge in [0.05, 0.1) is 12.8 Å². The van der Waals surface area contributed by atoms with Gasteiger partial charge in [-0.3, -0.25) is 4.90 Å². The van der Waals surface area contributed by atoms with Gasteiger partial charge in [0, 0.05) is 18.7 Å². The minimum atomic E-state index is 0.566. The number of piperidine rings is 1. The summed E-state index contributed by atoms with van der Waals surface area (Å²) in [5, 5.41) is 0. The molecule has 0 aromatic carbocycles. The predicted octanol–water partition coefficient (Wildman–Crippen LogP) is 2.22. The van der Waals surface area contributed by atoms with Crippen molar-refractivity contribution in [3.63, 3.8) is 0 Å². The van der Waals surface area contributed by atoms with Crippen LogP contribution in [0.3, 0.4) is 0 Å². The third kappa shape index (κ3) is 2.66. The second kappa shape index (κ2) is 5.02. The fourth-order valence-corrected chi connectivity index (χ4v) is 2.33. The fourth-order valence-electron chi connectivity index (χ4n) is 2.33. The highest BCUT2D eigenvalue weighted by molar-refractivity contribution is 5.12. The third-order valence-electron chi connectivity index (χ3n) is 3.74. The third-order valence-corrected chi connectivity index (χ3v) is 3.74. The molecule has 0 amide bonds. The maximum absolute atomic E-state index is 5.56. The van der Waals surface area contributed by atoms with Crippen molar-refractivity contribution >= 4 is 0 Å². The van der Waals surface area contributed by atoms with E-state index in [1.54, 1.807) is 6.26 Å². The van der Waals surface area contributed by atoms with E-state index >= 15 is 0 Å². The molecule has 2 N–H and O–H groups in total. The van der Waals surface area contributed by atoms with E-state index in [1.807, 2.05) is 0 Å². The summed E-state index contributed by atoms with van der Waals surface area (Å²) < 4.78 is 5.50. The van der Waals surface area contributed by atoms with E-state index in [1.165, 1.54) is 19.5 Å². The maximum Gasteiger partial charge on any atom is 0.118 e. The van der Waals surface area contributed by atoms with Crippen LogP contribution in [-0.4, -0.2) is 18.0 Å². The Morgan fingerprint density at radius 1 is 1.44 bits per heavy atom. The largest absolute Gasteiger partial charge is 0.468 e. The van der Waals surface area contributed by atoms with Crippen molar-refractivity contribution in [3.05, 3.63) is 23.7 Å². The molecule has 0 aliphatic carbocycles. The molecule has 16 heavy (non-hydrogen) atoms. The van der Waals surface area contributed by atoms with Crippen LogP contribution in [0.25, 0.3) is 0 Å². The molecular formula is C13H22N2O. The van der Waals surface area contributed by atoms with Crippen LogP contribution in [0.5, 0.6) is 0 Å². The first kappa shape index (κ1) is 11.7. The zero-order valence-corrected chi connectivity index (χ0v) is 10.3. The van der Waals surface area contributed by atoms with Crippen molar-refractivity contribution in [2.24, 2.45) is 17.6 Å². The van der Waals surface area contributed by atoms with Gasteiger partial charge in [-0.05, 0) is 30.9 Å². The first-order valence-corrected chi connectivity index (χ1v) is 6.17. The quantitative estimate of drug-likeness (QED) is 0.852. The topological polar surface area (TPSA) is 42.4 Å². The van der Waals surface area contributed by atoms with Crippen LogP contribution < -0.4 is 5.73 Å². The molecule has 0 bridgehead atoms. The average molecular weight is 222 g/mol. The van der Waals surface area contributed by atoms with Crippen LogP contribution in [-0.2, 0) is 13.1 Å². The summed E-state index contributed by atoms with van der Waals surface area (Å²) in [6, 6.07) is 2.07. The number of hydrogen-bond donors (Lipinski definition) is 1. The number of rotatable bonds is 3. The molecule has 1 fully saturated rings. The zero-order valence-electron chi connectivity index (χ0n) is 10.3. The Labute approximate surface area is 97.6 Å². The van der Waals surface area contributed by atoms with E-state index < -0.39 is 0 Å². The van der Waals surface area contributed by atoms with Gasteiger partial charge in [0.25, 0.3) is 0 Å². The van der Waals surface area contributed by atoms with Gasteiger partial charge in [0.1, 0.15) is 5.76 Å². The Morgan fingerprint density at radius 3 is 2.88 bits per heavy atom. The molecule has 2 atom stereocenters. The highest BCUT2D eigenvalue weighted by Gasteiger charge is 2.23. The van der Waals surface area contributed by atoms with Crippen LogP contribution in [0, 0.1) is 11.8 Å². The molecule has 0 spiro atoms. The van der Waals surface area contributed by atoms with Crippen LogP contribution >= 0.6 is 0 Å². The molecule has 90 valence electrons. The van der Waals surface area contributed by atoms with Gasteiger partial charge < -0.3 is 10.2 Å². The predicted molar refractivity (Wildman–Crippen MR) is 64.8 cm³/mol. The molecule has 1 aromatic heterocycles. The number of hydrogen-bond acceptors (Lipinski definition) is 3. The molecule has 2 unspecified atom stereocenters. The molecule has 1 saturated heterocycles. The Bertz CT molecular complexity index is 334. The standard InChI is InChI=1S/C13H22N2O/c1-10-3-4-15(7-11(10)2)8-13-5-12(6-14)9-16-13/h5,9-11H,3-4,6-8,14H2,1-2H3. The normalized spacial score (nSPS) is 27.2. The average Bonchev–Trinajstić information content (AvgIpc) is 2.71. The highest BCUT2D eigenvalue weighted by Crippen LogP contribution is 2.23. The van der Waals surface area contributed by atoms with Crippen molar-refractivity contribution in [2.45, 2.75) is 33.4 Å². The summed E-state index contributed by atoms with van der Waals surface area (Å²) in [6.45, 7) is 8.55. The van der Waals surface area contributed by atoms with Gasteiger partial charge in [-0.2, -0.15) is 0 Å². The monoisotopic (exact) mass is 222 g/mol. The van der Waals surface area contributed by atoms with Crippen molar-refractivity contribution in [1.82, 2.24) is 4.90 Å². The Morgan fingerprint density at radius 2 is 2.25 bits per heavy atom. The molecule has 3 nitrogen and oxygen atoms in total. The number of nitrogens with two attached hydrogens (primary N) is 1. The summed E-state index contributed by atoms with van der Waals surface area (Å²) in [5.74, 6) is 2.69. The van der Waals surface area contributed by atoms with Crippen molar-refractivity contribution in [1.29, 1.82) is 0 Å². The van der Waals surface area contributed by atoms with Crippen LogP contribution in [0.2, 0.25) is 0 Å². The zero-order chi connectivity index (χ0) is 11.5. The van der Waals surface area contributed by atoms with E-state index in [-0.39, 0.29) is 0 Å². The van der Waals surface area contributed by atoms with Crippen molar-refractivity contribution < 1.29 is 4.42 Å². The second-order valence-corrected chi connectivity index (χ2v) is 5.10. The maximum atomic E-state index is 5.56. The lowest BCUT2D eigenvalue weighted by Gasteiger charge is -2.34. The van der Waals surface area contributed by atoms with Crippen molar-refractivity contribution in [3.8, 4) is 0 Å². The molecule has 3 heteroatoms. The molecule has 0 radical (unpaired) electrons. The molecule has 1 aliphatic heterocycles. The van der Waals surface area contributed by atoms with Crippen LogP contribution in [0.1, 0.15) is 31.6 Å². The summed E-state index contributed by atoms with van der Waals surface area (Å²) in [6.07, 6.45) is 3.07. The number of furan rings is 1. The summed E-state index contributed by atoms with van der Waals surface area (Å²) in [7, 11) is 0. The smallest absolute Gasteiger partial charge is 0.118 e. The van der Waals surface area contributed by atoms with Gasteiger partial charge in [-0.25, -0.2) is 0 Å². The molecule has 2 rings (SSSR count). The summed E-state index contributed by atoms with van der Waals surface area (Å²) >= 11 is 0. The summed E-state index contributed by atoms with van der Waals surface area (Å²) in [4.78, 5) is 2.48. The van der Waals surface area contributed by atoms with Crippen LogP contribution in [0.4, 0.5) is 0 Å². The van der Waals surface area contributed by atoms with E-state index in [2.05, 4.69) is 24.8 Å². The molecular weight excluding hydrogens is 200 g/mol. The lowest BCUT2D eigenvalue weighted by atomic mass is 9.89. The van der Waals surface area contributed by atoms with Crippen LogP contribution in [0.15, 0.2) is 16.7 Å². The number of nitrogens with zero attached hydrogens (tertiary/aromatic N) is 1. The Balaban J connectivity index is 1.90.